The van der Waals surface area contributed by atoms with Crippen molar-refractivity contribution in [3.05, 3.63) is 60.4 Å². The van der Waals surface area contributed by atoms with Crippen LogP contribution < -0.4 is 10.5 Å². The predicted octanol–water partition coefficient (Wildman–Crippen LogP) is 4.95. The fourth-order valence-electron chi connectivity index (χ4n) is 1.88. The second kappa shape index (κ2) is 9.74. The Bertz CT molecular complexity index is 675. The molecule has 0 fully saturated rings. The summed E-state index contributed by atoms with van der Waals surface area (Å²) in [5.74, 6) is 1.57. The van der Waals surface area contributed by atoms with Crippen LogP contribution in [0.25, 0.3) is 0 Å². The van der Waals surface area contributed by atoms with Crippen LogP contribution in [0.15, 0.2) is 70.2 Å². The van der Waals surface area contributed by atoms with Gasteiger partial charge in [-0.1, -0.05) is 6.07 Å². The fraction of sp³-hybridized carbons (Fsp3) is 0.222. The highest BCUT2D eigenvalue weighted by Gasteiger charge is 2.03. The molecule has 2 N–H and O–H groups in total. The van der Waals surface area contributed by atoms with Crippen LogP contribution in [0.5, 0.6) is 11.5 Å². The Balaban J connectivity index is 1.97. The Labute approximate surface area is 151 Å². The lowest BCUT2D eigenvalue weighted by molar-refractivity contribution is 0.481. The third kappa shape index (κ3) is 6.57. The third-order valence-corrected chi connectivity index (χ3v) is 4.72. The Morgan fingerprint density at radius 1 is 1.12 bits per heavy atom. The van der Waals surface area contributed by atoms with E-state index in [4.69, 9.17) is 10.5 Å². The maximum atomic E-state index is 13.4. The van der Waals surface area contributed by atoms with Crippen LogP contribution in [-0.2, 0) is 0 Å². The lowest BCUT2D eigenvalue weighted by Crippen LogP contribution is -1.98. The van der Waals surface area contributed by atoms with Gasteiger partial charge in [0.1, 0.15) is 17.3 Å². The molecule has 0 unspecified atom stereocenters. The van der Waals surface area contributed by atoms with E-state index < -0.39 is 0 Å². The monoisotopic (exact) mass is 364 g/mol. The van der Waals surface area contributed by atoms with Gasteiger partial charge in [-0.15, -0.1) is 11.8 Å². The van der Waals surface area contributed by atoms with Crippen LogP contribution in [0.1, 0.15) is 0 Å². The molecule has 2 aromatic carbocycles. The van der Waals surface area contributed by atoms with E-state index in [-0.39, 0.29) is 18.1 Å². The molecule has 24 heavy (non-hydrogen) atoms. The van der Waals surface area contributed by atoms with Crippen molar-refractivity contribution in [2.45, 2.75) is 9.79 Å². The summed E-state index contributed by atoms with van der Waals surface area (Å²) in [6.45, 7) is 0.220. The van der Waals surface area contributed by atoms with Crippen molar-refractivity contribution in [1.29, 1.82) is 0 Å². The Hall–Kier alpha value is -1.47. The molecule has 0 saturated heterocycles. The van der Waals surface area contributed by atoms with E-state index in [9.17, 15) is 4.39 Å². The molecule has 0 aliphatic heterocycles. The summed E-state index contributed by atoms with van der Waals surface area (Å²) in [7, 11) is 4.01. The molecule has 128 valence electrons. The minimum atomic E-state index is -0.206. The fourth-order valence-corrected chi connectivity index (χ4v) is 3.36. The number of nitrogens with two attached hydrogens (primary N) is 1. The average Bonchev–Trinajstić information content (AvgIpc) is 2.55. The largest absolute Gasteiger partial charge is 0.457 e. The number of halogens is 1. The second-order valence-corrected chi connectivity index (χ2v) is 7.56. The van der Waals surface area contributed by atoms with Gasteiger partial charge in [-0.2, -0.15) is 0 Å². The van der Waals surface area contributed by atoms with Gasteiger partial charge in [-0.05, 0) is 74.6 Å². The van der Waals surface area contributed by atoms with E-state index in [1.807, 2.05) is 66.9 Å². The molecule has 0 amide bonds. The Morgan fingerprint density at radius 3 is 2.54 bits per heavy atom. The van der Waals surface area contributed by atoms with Gasteiger partial charge in [0, 0.05) is 22.1 Å². The van der Waals surface area contributed by atoms with Gasteiger partial charge < -0.3 is 10.5 Å². The lowest BCUT2D eigenvalue weighted by Gasteiger charge is -2.10. The van der Waals surface area contributed by atoms with Crippen molar-refractivity contribution >= 4 is 23.7 Å². The minimum Gasteiger partial charge on any atom is -0.457 e. The van der Waals surface area contributed by atoms with Gasteiger partial charge in [0.05, 0.1) is 0 Å². The summed E-state index contributed by atoms with van der Waals surface area (Å²) in [5.41, 5.74) is 5.30. The first-order valence-corrected chi connectivity index (χ1v) is 9.23. The van der Waals surface area contributed by atoms with E-state index in [0.717, 1.165) is 21.3 Å². The molecule has 0 aromatic heterocycles. The van der Waals surface area contributed by atoms with Crippen molar-refractivity contribution < 1.29 is 9.13 Å². The van der Waals surface area contributed by atoms with Crippen LogP contribution in [0.4, 0.5) is 4.39 Å². The molecule has 3 nitrogen and oxygen atoms in total. The van der Waals surface area contributed by atoms with Crippen LogP contribution in [0, 0.1) is 0 Å². The summed E-state index contributed by atoms with van der Waals surface area (Å²) >= 11 is 3.07. The molecular formula is C18H21FN2OS2. The summed E-state index contributed by atoms with van der Waals surface area (Å²) in [5, 5.41) is 0. The van der Waals surface area contributed by atoms with Gasteiger partial charge in [0.25, 0.3) is 0 Å². The molecule has 0 atom stereocenters. The van der Waals surface area contributed by atoms with Crippen molar-refractivity contribution in [2.75, 3.05) is 26.4 Å². The number of hydrogen-bond acceptors (Lipinski definition) is 5. The topological polar surface area (TPSA) is 38.5 Å². The molecule has 0 aliphatic carbocycles. The smallest absolute Gasteiger partial charge is 0.128 e. The zero-order chi connectivity index (χ0) is 17.4. The maximum Gasteiger partial charge on any atom is 0.128 e. The van der Waals surface area contributed by atoms with Crippen molar-refractivity contribution in [3.8, 4) is 11.5 Å². The summed E-state index contributed by atoms with van der Waals surface area (Å²) in [6, 6.07) is 15.5. The summed E-state index contributed by atoms with van der Waals surface area (Å²) < 4.78 is 21.3. The molecular weight excluding hydrogens is 343 g/mol. The quantitative estimate of drug-likeness (QED) is 0.530. The highest BCUT2D eigenvalue weighted by molar-refractivity contribution is 7.99. The zero-order valence-electron chi connectivity index (χ0n) is 13.7. The molecule has 0 radical (unpaired) electrons. The number of benzene rings is 2. The third-order valence-electron chi connectivity index (χ3n) is 2.87. The number of thioether (sulfide) groups is 1. The van der Waals surface area contributed by atoms with E-state index in [2.05, 4.69) is 0 Å². The Kier molecular flexibility index (Phi) is 7.65. The lowest BCUT2D eigenvalue weighted by atomic mass is 10.3. The average molecular weight is 365 g/mol. The SMILES string of the molecule is CN(C)Sc1ccc(Oc2cccc(SC/C(F)=C/CN)c2)cc1. The molecule has 0 aliphatic rings. The first-order valence-electron chi connectivity index (χ1n) is 7.47. The van der Waals surface area contributed by atoms with Crippen molar-refractivity contribution in [2.24, 2.45) is 5.73 Å². The molecule has 0 spiro atoms. The Morgan fingerprint density at radius 2 is 1.88 bits per heavy atom. The van der Waals surface area contributed by atoms with Gasteiger partial charge in [0.2, 0.25) is 0 Å². The summed E-state index contributed by atoms with van der Waals surface area (Å²) in [6.07, 6.45) is 1.39. The van der Waals surface area contributed by atoms with Crippen molar-refractivity contribution in [1.82, 2.24) is 4.31 Å². The number of ether oxygens (including phenoxy) is 1. The maximum absolute atomic E-state index is 13.4. The van der Waals surface area contributed by atoms with Gasteiger partial charge in [-0.25, -0.2) is 4.39 Å². The second-order valence-electron chi connectivity index (χ2n) is 5.13. The van der Waals surface area contributed by atoms with Crippen molar-refractivity contribution in [3.63, 3.8) is 0 Å². The van der Waals surface area contributed by atoms with E-state index >= 15 is 0 Å². The minimum absolute atomic E-state index is 0.206. The van der Waals surface area contributed by atoms with E-state index in [1.54, 1.807) is 11.9 Å². The first-order chi connectivity index (χ1) is 11.6. The molecule has 0 bridgehead atoms. The molecule has 2 aromatic rings. The van der Waals surface area contributed by atoms with E-state index in [0.29, 0.717) is 0 Å². The molecule has 0 heterocycles. The zero-order valence-corrected chi connectivity index (χ0v) is 15.4. The predicted molar refractivity (Wildman–Crippen MR) is 101 cm³/mol. The number of nitrogens with zero attached hydrogens (tertiary/aromatic N) is 1. The summed E-state index contributed by atoms with van der Waals surface area (Å²) in [4.78, 5) is 2.10. The van der Waals surface area contributed by atoms with Crippen LogP contribution in [-0.4, -0.2) is 30.7 Å². The van der Waals surface area contributed by atoms with Crippen LogP contribution in [0.3, 0.4) is 0 Å². The number of rotatable bonds is 8. The standard InChI is InChI=1S/C18H21FN2OS2/c1-21(2)24-17-8-6-15(7-9-17)22-16-4-3-5-18(12-16)23-13-14(19)10-11-20/h3-10,12H,11,13,20H2,1-2H3/b14-10-. The highest BCUT2D eigenvalue weighted by Crippen LogP contribution is 2.29. The van der Waals surface area contributed by atoms with Crippen LogP contribution >= 0.6 is 23.7 Å². The van der Waals surface area contributed by atoms with Gasteiger partial charge >= 0.3 is 0 Å². The van der Waals surface area contributed by atoms with Gasteiger partial charge in [-0.3, -0.25) is 4.31 Å². The van der Waals surface area contributed by atoms with E-state index in [1.165, 1.54) is 17.8 Å². The normalized spacial score (nSPS) is 11.8. The highest BCUT2D eigenvalue weighted by atomic mass is 32.2. The molecule has 2 rings (SSSR count). The van der Waals surface area contributed by atoms with Gasteiger partial charge in [0.15, 0.2) is 0 Å². The number of hydrogen-bond donors (Lipinski definition) is 1. The molecule has 6 heteroatoms. The van der Waals surface area contributed by atoms with Crippen LogP contribution in [0.2, 0.25) is 0 Å². The first kappa shape index (κ1) is 18.9. The molecule has 0 saturated carbocycles.